The van der Waals surface area contributed by atoms with Crippen LogP contribution < -0.4 is 0 Å². The molecule has 0 amide bonds. The third-order valence-electron chi connectivity index (χ3n) is 5.24. The topological polar surface area (TPSA) is 34.1 Å². The molecule has 0 N–H and O–H groups in total. The molecular weight excluding hydrogens is 316 g/mol. The van der Waals surface area contributed by atoms with E-state index in [0.717, 1.165) is 24.8 Å². The van der Waals surface area contributed by atoms with E-state index in [1.165, 1.54) is 16.7 Å². The second-order valence-electron chi connectivity index (χ2n) is 7.13. The van der Waals surface area contributed by atoms with Crippen LogP contribution in [0.5, 0.6) is 0 Å². The van der Waals surface area contributed by atoms with E-state index in [9.17, 15) is 9.59 Å². The Kier molecular flexibility index (Phi) is 6.68. The van der Waals surface area contributed by atoms with Gasteiger partial charge in [0.2, 0.25) is 0 Å². The van der Waals surface area contributed by atoms with Gasteiger partial charge in [-0.3, -0.25) is 9.59 Å². The molecule has 1 unspecified atom stereocenters. The number of thioether (sulfide) groups is 1. The number of carbonyl (C=O) groups is 2. The predicted octanol–water partition coefficient (Wildman–Crippen LogP) is 4.89. The van der Waals surface area contributed by atoms with Gasteiger partial charge in [0.15, 0.2) is 0 Å². The van der Waals surface area contributed by atoms with Crippen LogP contribution in [-0.2, 0) is 22.4 Å². The largest absolute Gasteiger partial charge is 0.299 e. The first-order chi connectivity index (χ1) is 11.4. The van der Waals surface area contributed by atoms with Gasteiger partial charge in [-0.15, -0.1) is 0 Å². The van der Waals surface area contributed by atoms with Crippen LogP contribution in [0.3, 0.4) is 0 Å². The second-order valence-corrected chi connectivity index (χ2v) is 8.40. The fraction of sp³-hybridized carbons (Fsp3) is 0.619. The van der Waals surface area contributed by atoms with Gasteiger partial charge in [-0.25, -0.2) is 0 Å². The Hall–Kier alpha value is -1.09. The van der Waals surface area contributed by atoms with Gasteiger partial charge in [0.25, 0.3) is 0 Å². The van der Waals surface area contributed by atoms with Crippen LogP contribution in [0.2, 0.25) is 0 Å². The van der Waals surface area contributed by atoms with Gasteiger partial charge in [-0.2, -0.15) is 11.8 Å². The number of carbonyl (C=O) groups excluding carboxylic acids is 2. The quantitative estimate of drug-likeness (QED) is 0.688. The fourth-order valence-electron chi connectivity index (χ4n) is 4.02. The number of benzene rings is 1. The first-order valence-electron chi connectivity index (χ1n) is 9.11. The number of Topliss-reactive ketones (excluding diaryl/α,β-unsaturated/α-hetero) is 2. The molecule has 0 radical (unpaired) electrons. The van der Waals surface area contributed by atoms with Crippen LogP contribution in [0.1, 0.15) is 68.2 Å². The molecule has 1 fully saturated rings. The number of hydrogen-bond acceptors (Lipinski definition) is 3. The summed E-state index contributed by atoms with van der Waals surface area (Å²) in [5.74, 6) is -0.0174. The molecule has 132 valence electrons. The smallest absolute Gasteiger partial charge is 0.148 e. The lowest BCUT2D eigenvalue weighted by Gasteiger charge is -2.30. The zero-order valence-corrected chi connectivity index (χ0v) is 16.5. The van der Waals surface area contributed by atoms with E-state index in [0.29, 0.717) is 18.1 Å². The molecule has 1 aliphatic carbocycles. The monoisotopic (exact) mass is 346 g/mol. The van der Waals surface area contributed by atoms with E-state index in [1.807, 2.05) is 11.8 Å². The van der Waals surface area contributed by atoms with Crippen molar-refractivity contribution >= 4 is 23.3 Å². The maximum absolute atomic E-state index is 12.9. The van der Waals surface area contributed by atoms with E-state index in [1.54, 1.807) is 0 Å². The highest BCUT2D eigenvalue weighted by Gasteiger charge is 2.38. The molecule has 2 rings (SSSR count). The Morgan fingerprint density at radius 1 is 1.08 bits per heavy atom. The lowest BCUT2D eigenvalue weighted by molar-refractivity contribution is -0.133. The molecule has 0 saturated heterocycles. The Morgan fingerprint density at radius 2 is 1.58 bits per heavy atom. The minimum absolute atomic E-state index is 0.137. The van der Waals surface area contributed by atoms with Crippen LogP contribution >= 0.6 is 11.8 Å². The molecule has 0 heterocycles. The summed E-state index contributed by atoms with van der Waals surface area (Å²) in [6.07, 6.45) is 5.90. The van der Waals surface area contributed by atoms with E-state index >= 15 is 0 Å². The number of hydrogen-bond donors (Lipinski definition) is 0. The molecule has 24 heavy (non-hydrogen) atoms. The van der Waals surface area contributed by atoms with Crippen molar-refractivity contribution in [2.75, 3.05) is 6.26 Å². The Morgan fingerprint density at radius 3 is 2.00 bits per heavy atom. The molecule has 3 heteroatoms. The Labute approximate surface area is 150 Å². The molecular formula is C21H30O2S. The van der Waals surface area contributed by atoms with Crippen molar-refractivity contribution in [3.63, 3.8) is 0 Å². The number of aryl methyl sites for hydroxylation is 3. The molecule has 1 saturated carbocycles. The van der Waals surface area contributed by atoms with Crippen molar-refractivity contribution in [3.05, 3.63) is 34.4 Å². The molecule has 0 spiro atoms. The minimum Gasteiger partial charge on any atom is -0.299 e. The van der Waals surface area contributed by atoms with Crippen LogP contribution in [0.25, 0.3) is 0 Å². The van der Waals surface area contributed by atoms with Crippen LogP contribution in [0.15, 0.2) is 12.1 Å². The molecule has 1 atom stereocenters. The van der Waals surface area contributed by atoms with Crippen molar-refractivity contribution < 1.29 is 9.59 Å². The molecule has 1 aromatic rings. The van der Waals surface area contributed by atoms with Gasteiger partial charge < -0.3 is 0 Å². The summed E-state index contributed by atoms with van der Waals surface area (Å²) < 4.78 is 0. The lowest BCUT2D eigenvalue weighted by atomic mass is 9.72. The first kappa shape index (κ1) is 19.2. The normalized spacial score (nSPS) is 22.7. The van der Waals surface area contributed by atoms with Crippen molar-refractivity contribution in [1.29, 1.82) is 0 Å². The van der Waals surface area contributed by atoms with E-state index in [2.05, 4.69) is 46.1 Å². The highest BCUT2D eigenvalue weighted by atomic mass is 32.2. The van der Waals surface area contributed by atoms with Crippen LogP contribution in [0, 0.1) is 12.8 Å². The lowest BCUT2D eigenvalue weighted by Crippen LogP contribution is -2.34. The summed E-state index contributed by atoms with van der Waals surface area (Å²) in [4.78, 5) is 25.8. The van der Waals surface area contributed by atoms with Crippen molar-refractivity contribution in [1.82, 2.24) is 0 Å². The SMILES string of the molecule is CCc1cc(C)cc(CC)c1C1C(=O)CC(CC(C)SC)CC1=O. The highest BCUT2D eigenvalue weighted by molar-refractivity contribution is 7.99. The van der Waals surface area contributed by atoms with Crippen LogP contribution in [-0.4, -0.2) is 23.1 Å². The molecule has 0 aliphatic heterocycles. The van der Waals surface area contributed by atoms with E-state index < -0.39 is 5.92 Å². The maximum Gasteiger partial charge on any atom is 0.148 e. The fourth-order valence-corrected chi connectivity index (χ4v) is 4.48. The zero-order valence-electron chi connectivity index (χ0n) is 15.6. The van der Waals surface area contributed by atoms with Gasteiger partial charge >= 0.3 is 0 Å². The average Bonchev–Trinajstić information content (AvgIpc) is 2.54. The predicted molar refractivity (Wildman–Crippen MR) is 103 cm³/mol. The molecule has 0 aromatic heterocycles. The van der Waals surface area contributed by atoms with E-state index in [-0.39, 0.29) is 17.5 Å². The summed E-state index contributed by atoms with van der Waals surface area (Å²) in [6.45, 7) is 8.49. The maximum atomic E-state index is 12.9. The van der Waals surface area contributed by atoms with Crippen molar-refractivity contribution in [2.45, 2.75) is 71.0 Å². The zero-order chi connectivity index (χ0) is 17.9. The first-order valence-corrected chi connectivity index (χ1v) is 10.4. The summed E-state index contributed by atoms with van der Waals surface area (Å²) in [6, 6.07) is 4.30. The molecule has 1 aliphatic rings. The van der Waals surface area contributed by atoms with Gasteiger partial charge in [0, 0.05) is 18.1 Å². The molecule has 1 aromatic carbocycles. The van der Waals surface area contributed by atoms with Crippen LogP contribution in [0.4, 0.5) is 0 Å². The number of ketones is 2. The Bertz CT molecular complexity index is 577. The average molecular weight is 347 g/mol. The standard InChI is InChI=1S/C21H30O2S/c1-6-16-8-13(3)9-17(7-2)20(16)21-18(22)11-15(12-19(21)23)10-14(4)24-5/h8-9,14-15,21H,6-7,10-12H2,1-5H3. The minimum atomic E-state index is -0.517. The van der Waals surface area contributed by atoms with Gasteiger partial charge in [0.05, 0.1) is 0 Å². The summed E-state index contributed by atoms with van der Waals surface area (Å²) in [5.41, 5.74) is 4.59. The van der Waals surface area contributed by atoms with Gasteiger partial charge in [-0.1, -0.05) is 38.5 Å². The molecule has 2 nitrogen and oxygen atoms in total. The second kappa shape index (κ2) is 8.33. The summed E-state index contributed by atoms with van der Waals surface area (Å²) in [7, 11) is 0. The van der Waals surface area contributed by atoms with Gasteiger partial charge in [0.1, 0.15) is 17.5 Å². The summed E-state index contributed by atoms with van der Waals surface area (Å²) >= 11 is 1.81. The Balaban J connectivity index is 2.34. The summed E-state index contributed by atoms with van der Waals surface area (Å²) in [5, 5.41) is 0.504. The van der Waals surface area contributed by atoms with Gasteiger partial charge in [-0.05, 0) is 55.1 Å². The molecule has 0 bridgehead atoms. The van der Waals surface area contributed by atoms with Crippen molar-refractivity contribution in [3.8, 4) is 0 Å². The third kappa shape index (κ3) is 4.11. The van der Waals surface area contributed by atoms with E-state index in [4.69, 9.17) is 0 Å². The van der Waals surface area contributed by atoms with Crippen molar-refractivity contribution in [2.24, 2.45) is 5.92 Å². The number of rotatable bonds is 6. The highest BCUT2D eigenvalue weighted by Crippen LogP contribution is 2.37. The third-order valence-corrected chi connectivity index (χ3v) is 6.23.